The van der Waals surface area contributed by atoms with Crippen LogP contribution in [0.4, 0.5) is 0 Å². The highest BCUT2D eigenvalue weighted by Gasteiger charge is 2.11. The van der Waals surface area contributed by atoms with Crippen molar-refractivity contribution < 1.29 is 4.74 Å². The molecule has 4 nitrogen and oxygen atoms in total. The first kappa shape index (κ1) is 12.8. The standard InChI is InChI=1S/C18H15N3O/c1-22-18-17-10-13-6-2-3-8-16(13)21(17)12-15(20-18)11-14-7-4-5-9-19-14/h2-10,12H,11H2,1H3. The van der Waals surface area contributed by atoms with Gasteiger partial charge in [0.05, 0.1) is 18.3 Å². The molecule has 4 aromatic rings. The first-order valence-corrected chi connectivity index (χ1v) is 7.19. The normalized spacial score (nSPS) is 11.1. The maximum absolute atomic E-state index is 5.48. The second-order valence-electron chi connectivity index (χ2n) is 5.20. The number of fused-ring (bicyclic) bond motifs is 3. The summed E-state index contributed by atoms with van der Waals surface area (Å²) in [6, 6.07) is 16.3. The molecule has 0 radical (unpaired) electrons. The van der Waals surface area contributed by atoms with Crippen molar-refractivity contribution in [2.75, 3.05) is 7.11 Å². The predicted octanol–water partition coefficient (Wildman–Crippen LogP) is 3.48. The van der Waals surface area contributed by atoms with Gasteiger partial charge >= 0.3 is 0 Å². The van der Waals surface area contributed by atoms with Crippen LogP contribution in [0, 0.1) is 0 Å². The number of rotatable bonds is 3. The lowest BCUT2D eigenvalue weighted by Gasteiger charge is -2.07. The Morgan fingerprint density at radius 2 is 1.86 bits per heavy atom. The third-order valence-electron chi connectivity index (χ3n) is 3.77. The SMILES string of the molecule is COc1nc(Cc2ccccn2)cn2c1cc1ccccc12. The molecule has 0 aliphatic heterocycles. The minimum absolute atomic E-state index is 0.643. The molecule has 0 aliphatic carbocycles. The molecule has 0 aliphatic rings. The third-order valence-corrected chi connectivity index (χ3v) is 3.77. The summed E-state index contributed by atoms with van der Waals surface area (Å²) in [5.74, 6) is 0.643. The first-order valence-electron chi connectivity index (χ1n) is 7.19. The molecule has 0 saturated heterocycles. The zero-order valence-corrected chi connectivity index (χ0v) is 12.2. The number of benzene rings is 1. The van der Waals surface area contributed by atoms with E-state index in [4.69, 9.17) is 4.74 Å². The number of ether oxygens (including phenoxy) is 1. The van der Waals surface area contributed by atoms with E-state index in [1.165, 1.54) is 5.39 Å². The monoisotopic (exact) mass is 289 g/mol. The molecular weight excluding hydrogens is 274 g/mol. The molecule has 0 N–H and O–H groups in total. The fraction of sp³-hybridized carbons (Fsp3) is 0.111. The number of pyridine rings is 1. The van der Waals surface area contributed by atoms with Crippen molar-refractivity contribution in [3.63, 3.8) is 0 Å². The molecule has 0 saturated carbocycles. The van der Waals surface area contributed by atoms with Crippen molar-refractivity contribution in [2.45, 2.75) is 6.42 Å². The van der Waals surface area contributed by atoms with Crippen LogP contribution in [0.25, 0.3) is 16.4 Å². The topological polar surface area (TPSA) is 39.4 Å². The van der Waals surface area contributed by atoms with Gasteiger partial charge in [-0.2, -0.15) is 0 Å². The van der Waals surface area contributed by atoms with Gasteiger partial charge in [0, 0.05) is 29.9 Å². The summed E-state index contributed by atoms with van der Waals surface area (Å²) in [4.78, 5) is 9.00. The summed E-state index contributed by atoms with van der Waals surface area (Å²) in [5, 5.41) is 1.18. The van der Waals surface area contributed by atoms with Crippen molar-refractivity contribution >= 4 is 16.4 Å². The lowest BCUT2D eigenvalue weighted by Crippen LogP contribution is -2.01. The van der Waals surface area contributed by atoms with Crippen LogP contribution >= 0.6 is 0 Å². The molecule has 4 heteroatoms. The Bertz CT molecular complexity index is 945. The van der Waals surface area contributed by atoms with E-state index in [1.54, 1.807) is 13.3 Å². The zero-order valence-electron chi connectivity index (χ0n) is 12.2. The fourth-order valence-corrected chi connectivity index (χ4v) is 2.77. The Morgan fingerprint density at radius 1 is 1.00 bits per heavy atom. The molecule has 0 spiro atoms. The minimum Gasteiger partial charge on any atom is -0.479 e. The van der Waals surface area contributed by atoms with Gasteiger partial charge in [-0.15, -0.1) is 0 Å². The summed E-state index contributed by atoms with van der Waals surface area (Å²) in [7, 11) is 1.66. The Hall–Kier alpha value is -2.88. The van der Waals surface area contributed by atoms with Crippen LogP contribution in [0.5, 0.6) is 5.88 Å². The summed E-state index contributed by atoms with van der Waals surface area (Å²) in [6.45, 7) is 0. The lowest BCUT2D eigenvalue weighted by atomic mass is 10.2. The van der Waals surface area contributed by atoms with Gasteiger partial charge in [0.15, 0.2) is 0 Å². The molecule has 0 atom stereocenters. The number of nitrogens with zero attached hydrogens (tertiary/aromatic N) is 3. The van der Waals surface area contributed by atoms with Crippen molar-refractivity contribution in [3.05, 3.63) is 72.3 Å². The van der Waals surface area contributed by atoms with Crippen LogP contribution in [0.2, 0.25) is 0 Å². The average molecular weight is 289 g/mol. The van der Waals surface area contributed by atoms with Crippen LogP contribution in [-0.2, 0) is 6.42 Å². The van der Waals surface area contributed by atoms with E-state index in [9.17, 15) is 0 Å². The van der Waals surface area contributed by atoms with Crippen molar-refractivity contribution in [3.8, 4) is 5.88 Å². The third kappa shape index (κ3) is 2.09. The van der Waals surface area contributed by atoms with Gasteiger partial charge in [-0.05, 0) is 24.3 Å². The molecule has 4 rings (SSSR count). The van der Waals surface area contributed by atoms with Crippen molar-refractivity contribution in [2.24, 2.45) is 0 Å². The number of hydrogen-bond acceptors (Lipinski definition) is 3. The molecule has 22 heavy (non-hydrogen) atoms. The van der Waals surface area contributed by atoms with Gasteiger partial charge < -0.3 is 9.14 Å². The van der Waals surface area contributed by atoms with E-state index in [0.717, 1.165) is 22.4 Å². The molecule has 0 fully saturated rings. The first-order chi connectivity index (χ1) is 10.8. The van der Waals surface area contributed by atoms with Crippen LogP contribution < -0.4 is 4.74 Å². The molecule has 3 aromatic heterocycles. The minimum atomic E-state index is 0.643. The van der Waals surface area contributed by atoms with E-state index >= 15 is 0 Å². The van der Waals surface area contributed by atoms with Crippen LogP contribution in [0.3, 0.4) is 0 Å². The second kappa shape index (κ2) is 5.15. The molecule has 0 bridgehead atoms. The predicted molar refractivity (Wildman–Crippen MR) is 86.3 cm³/mol. The average Bonchev–Trinajstić information content (AvgIpc) is 2.94. The van der Waals surface area contributed by atoms with E-state index < -0.39 is 0 Å². The Morgan fingerprint density at radius 3 is 2.68 bits per heavy atom. The molecule has 0 unspecified atom stereocenters. The van der Waals surface area contributed by atoms with Gasteiger partial charge in [-0.1, -0.05) is 24.3 Å². The van der Waals surface area contributed by atoms with E-state index in [1.807, 2.05) is 30.3 Å². The number of methoxy groups -OCH3 is 1. The van der Waals surface area contributed by atoms with Gasteiger partial charge in [-0.3, -0.25) is 4.98 Å². The second-order valence-corrected chi connectivity index (χ2v) is 5.20. The number of para-hydroxylation sites is 1. The number of aromatic nitrogens is 3. The highest BCUT2D eigenvalue weighted by Crippen LogP contribution is 2.26. The smallest absolute Gasteiger partial charge is 0.238 e. The molecule has 3 heterocycles. The van der Waals surface area contributed by atoms with Crippen molar-refractivity contribution in [1.29, 1.82) is 0 Å². The highest BCUT2D eigenvalue weighted by atomic mass is 16.5. The van der Waals surface area contributed by atoms with Gasteiger partial charge in [-0.25, -0.2) is 4.98 Å². The van der Waals surface area contributed by atoms with Crippen LogP contribution in [0.1, 0.15) is 11.4 Å². The molecule has 0 amide bonds. The lowest BCUT2D eigenvalue weighted by molar-refractivity contribution is 0.399. The van der Waals surface area contributed by atoms with E-state index in [-0.39, 0.29) is 0 Å². The Kier molecular flexibility index (Phi) is 3.00. The fourth-order valence-electron chi connectivity index (χ4n) is 2.77. The zero-order chi connectivity index (χ0) is 14.9. The summed E-state index contributed by atoms with van der Waals surface area (Å²) in [5.41, 5.74) is 4.06. The summed E-state index contributed by atoms with van der Waals surface area (Å²) >= 11 is 0. The maximum Gasteiger partial charge on any atom is 0.238 e. The van der Waals surface area contributed by atoms with Crippen molar-refractivity contribution in [1.82, 2.24) is 14.4 Å². The quantitative estimate of drug-likeness (QED) is 0.579. The van der Waals surface area contributed by atoms with Gasteiger partial charge in [0.25, 0.3) is 0 Å². The highest BCUT2D eigenvalue weighted by molar-refractivity contribution is 5.88. The maximum atomic E-state index is 5.48. The van der Waals surface area contributed by atoms with Crippen LogP contribution in [0.15, 0.2) is 60.9 Å². The van der Waals surface area contributed by atoms with E-state index in [0.29, 0.717) is 12.3 Å². The van der Waals surface area contributed by atoms with Crippen LogP contribution in [-0.4, -0.2) is 21.5 Å². The van der Waals surface area contributed by atoms with E-state index in [2.05, 4.69) is 38.8 Å². The van der Waals surface area contributed by atoms with Gasteiger partial charge in [0.2, 0.25) is 5.88 Å². The summed E-state index contributed by atoms with van der Waals surface area (Å²) < 4.78 is 7.62. The Balaban J connectivity index is 1.91. The largest absolute Gasteiger partial charge is 0.479 e. The molecule has 108 valence electrons. The Labute approximate surface area is 128 Å². The summed E-state index contributed by atoms with van der Waals surface area (Å²) in [6.07, 6.45) is 4.55. The molecular formula is C18H15N3O. The molecule has 1 aromatic carbocycles. The van der Waals surface area contributed by atoms with Gasteiger partial charge in [0.1, 0.15) is 5.52 Å². The number of hydrogen-bond donors (Lipinski definition) is 0.